The number of anilines is 1. The molecule has 0 radical (unpaired) electrons. The molecule has 19 heavy (non-hydrogen) atoms. The topological polar surface area (TPSA) is 52.9 Å². The summed E-state index contributed by atoms with van der Waals surface area (Å²) in [5, 5.41) is 11.2. The van der Waals surface area contributed by atoms with Crippen molar-refractivity contribution in [2.45, 2.75) is 0 Å². The van der Waals surface area contributed by atoms with Gasteiger partial charge in [0.05, 0.1) is 16.8 Å². The van der Waals surface area contributed by atoms with Crippen molar-refractivity contribution in [3.8, 4) is 6.07 Å². The van der Waals surface area contributed by atoms with E-state index in [9.17, 15) is 13.6 Å². The molecule has 0 aliphatic carbocycles. The molecule has 3 nitrogen and oxygen atoms in total. The highest BCUT2D eigenvalue weighted by molar-refractivity contribution is 6.05. The molecule has 2 aromatic rings. The zero-order valence-electron chi connectivity index (χ0n) is 9.65. The number of amides is 1. The maximum absolute atomic E-state index is 13.4. The molecule has 1 amide bonds. The van der Waals surface area contributed by atoms with E-state index < -0.39 is 23.1 Å². The lowest BCUT2D eigenvalue weighted by atomic mass is 10.1. The third-order valence-electron chi connectivity index (χ3n) is 2.49. The first-order valence-electron chi connectivity index (χ1n) is 5.38. The highest BCUT2D eigenvalue weighted by atomic mass is 19.2. The van der Waals surface area contributed by atoms with E-state index in [0.717, 1.165) is 6.07 Å². The molecule has 2 rings (SSSR count). The Morgan fingerprint density at radius 2 is 1.84 bits per heavy atom. The zero-order valence-corrected chi connectivity index (χ0v) is 9.65. The van der Waals surface area contributed by atoms with Crippen molar-refractivity contribution in [3.05, 3.63) is 65.2 Å². The minimum Gasteiger partial charge on any atom is -0.321 e. The van der Waals surface area contributed by atoms with E-state index >= 15 is 0 Å². The lowest BCUT2D eigenvalue weighted by molar-refractivity contribution is 0.102. The third kappa shape index (κ3) is 2.58. The highest BCUT2D eigenvalue weighted by Crippen LogP contribution is 2.17. The van der Waals surface area contributed by atoms with Crippen LogP contribution in [-0.2, 0) is 0 Å². The second-order valence-corrected chi connectivity index (χ2v) is 3.71. The molecule has 0 aliphatic heterocycles. The van der Waals surface area contributed by atoms with E-state index in [0.29, 0.717) is 0 Å². The summed E-state index contributed by atoms with van der Waals surface area (Å²) < 4.78 is 26.5. The molecular weight excluding hydrogens is 250 g/mol. The Balaban J connectivity index is 2.32. The van der Waals surface area contributed by atoms with Crippen LogP contribution in [0.25, 0.3) is 0 Å². The molecule has 5 heteroatoms. The van der Waals surface area contributed by atoms with E-state index in [2.05, 4.69) is 5.32 Å². The molecule has 0 unspecified atom stereocenters. The van der Waals surface area contributed by atoms with Crippen LogP contribution in [0.5, 0.6) is 0 Å². The quantitative estimate of drug-likeness (QED) is 0.899. The maximum Gasteiger partial charge on any atom is 0.258 e. The summed E-state index contributed by atoms with van der Waals surface area (Å²) in [6.45, 7) is 0. The fourth-order valence-electron chi connectivity index (χ4n) is 1.56. The molecular formula is C14H8F2N2O. The van der Waals surface area contributed by atoms with Crippen LogP contribution in [0.3, 0.4) is 0 Å². The highest BCUT2D eigenvalue weighted by Gasteiger charge is 2.16. The normalized spacial score (nSPS) is 9.74. The molecule has 0 heterocycles. The number of nitriles is 1. The molecule has 0 fully saturated rings. The van der Waals surface area contributed by atoms with Crippen molar-refractivity contribution in [2.75, 3.05) is 5.32 Å². The lowest BCUT2D eigenvalue weighted by Crippen LogP contribution is -2.15. The van der Waals surface area contributed by atoms with Gasteiger partial charge in [-0.15, -0.1) is 0 Å². The van der Waals surface area contributed by atoms with Gasteiger partial charge in [0.2, 0.25) is 0 Å². The molecule has 0 atom stereocenters. The Labute approximate surface area is 108 Å². The second kappa shape index (κ2) is 5.27. The Morgan fingerprint density at radius 3 is 2.58 bits per heavy atom. The molecule has 0 spiro atoms. The van der Waals surface area contributed by atoms with Crippen molar-refractivity contribution in [1.82, 2.24) is 0 Å². The summed E-state index contributed by atoms with van der Waals surface area (Å²) >= 11 is 0. The van der Waals surface area contributed by atoms with Gasteiger partial charge in [0.25, 0.3) is 5.91 Å². The van der Waals surface area contributed by atoms with Gasteiger partial charge in [0, 0.05) is 0 Å². The average molecular weight is 258 g/mol. The smallest absolute Gasteiger partial charge is 0.258 e. The fourth-order valence-corrected chi connectivity index (χ4v) is 1.56. The average Bonchev–Trinajstić information content (AvgIpc) is 2.42. The van der Waals surface area contributed by atoms with E-state index in [-0.39, 0.29) is 11.3 Å². The summed E-state index contributed by atoms with van der Waals surface area (Å²) in [5.74, 6) is -3.12. The zero-order chi connectivity index (χ0) is 13.8. The number of hydrogen-bond acceptors (Lipinski definition) is 2. The predicted molar refractivity (Wildman–Crippen MR) is 65.5 cm³/mol. The number of nitrogens with zero attached hydrogens (tertiary/aromatic N) is 1. The molecule has 94 valence electrons. The summed E-state index contributed by atoms with van der Waals surface area (Å²) in [6, 6.07) is 11.5. The predicted octanol–water partition coefficient (Wildman–Crippen LogP) is 3.09. The second-order valence-electron chi connectivity index (χ2n) is 3.71. The molecule has 0 saturated heterocycles. The number of hydrogen-bond donors (Lipinski definition) is 1. The fraction of sp³-hybridized carbons (Fsp3) is 0. The van der Waals surface area contributed by atoms with Crippen LogP contribution in [0, 0.1) is 23.0 Å². The van der Waals surface area contributed by atoms with Gasteiger partial charge in [0.1, 0.15) is 6.07 Å². The van der Waals surface area contributed by atoms with Crippen LogP contribution in [-0.4, -0.2) is 5.91 Å². The van der Waals surface area contributed by atoms with Gasteiger partial charge in [0.15, 0.2) is 11.6 Å². The molecule has 1 N–H and O–H groups in total. The van der Waals surface area contributed by atoms with E-state index in [1.54, 1.807) is 12.1 Å². The van der Waals surface area contributed by atoms with Crippen LogP contribution in [0.15, 0.2) is 42.5 Å². The van der Waals surface area contributed by atoms with Gasteiger partial charge in [-0.2, -0.15) is 5.26 Å². The molecule has 0 aliphatic rings. The number of nitrogens with one attached hydrogen (secondary N) is 1. The van der Waals surface area contributed by atoms with E-state index in [1.165, 1.54) is 24.3 Å². The SMILES string of the molecule is N#Cc1ccccc1NC(=O)c1cccc(F)c1F. The van der Waals surface area contributed by atoms with Crippen LogP contribution in [0.1, 0.15) is 15.9 Å². The Kier molecular flexibility index (Phi) is 3.53. The Morgan fingerprint density at radius 1 is 1.11 bits per heavy atom. The minimum atomic E-state index is -1.21. The van der Waals surface area contributed by atoms with Gasteiger partial charge < -0.3 is 5.32 Å². The van der Waals surface area contributed by atoms with Gasteiger partial charge in [-0.3, -0.25) is 4.79 Å². The van der Waals surface area contributed by atoms with Crippen LogP contribution in [0.2, 0.25) is 0 Å². The van der Waals surface area contributed by atoms with Crippen molar-refractivity contribution < 1.29 is 13.6 Å². The summed E-state index contributed by atoms with van der Waals surface area (Å²) in [5.41, 5.74) is 0.0825. The lowest BCUT2D eigenvalue weighted by Gasteiger charge is -2.07. The monoisotopic (exact) mass is 258 g/mol. The third-order valence-corrected chi connectivity index (χ3v) is 2.49. The Hall–Kier alpha value is -2.74. The van der Waals surface area contributed by atoms with Crippen molar-refractivity contribution in [1.29, 1.82) is 5.26 Å². The Bertz CT molecular complexity index is 677. The molecule has 0 saturated carbocycles. The standard InChI is InChI=1S/C14H8F2N2O/c15-11-6-3-5-10(13(11)16)14(19)18-12-7-2-1-4-9(12)8-17/h1-7H,(H,18,19). The van der Waals surface area contributed by atoms with Gasteiger partial charge in [-0.05, 0) is 24.3 Å². The van der Waals surface area contributed by atoms with Gasteiger partial charge in [-0.25, -0.2) is 8.78 Å². The van der Waals surface area contributed by atoms with Crippen molar-refractivity contribution in [3.63, 3.8) is 0 Å². The maximum atomic E-state index is 13.4. The molecule has 2 aromatic carbocycles. The molecule has 0 aromatic heterocycles. The first-order valence-corrected chi connectivity index (χ1v) is 5.38. The van der Waals surface area contributed by atoms with Gasteiger partial charge >= 0.3 is 0 Å². The number of benzene rings is 2. The summed E-state index contributed by atoms with van der Waals surface area (Å²) in [7, 11) is 0. The van der Waals surface area contributed by atoms with Gasteiger partial charge in [-0.1, -0.05) is 18.2 Å². The van der Waals surface area contributed by atoms with E-state index in [4.69, 9.17) is 5.26 Å². The minimum absolute atomic E-state index is 0.243. The number of halogens is 2. The largest absolute Gasteiger partial charge is 0.321 e. The van der Waals surface area contributed by atoms with E-state index in [1.807, 2.05) is 6.07 Å². The van der Waals surface area contributed by atoms with Crippen LogP contribution in [0.4, 0.5) is 14.5 Å². The number of carbonyl (C=O) groups is 1. The number of para-hydroxylation sites is 1. The van der Waals surface area contributed by atoms with Crippen molar-refractivity contribution >= 4 is 11.6 Å². The summed E-state index contributed by atoms with van der Waals surface area (Å²) in [4.78, 5) is 11.8. The first kappa shape index (κ1) is 12.7. The summed E-state index contributed by atoms with van der Waals surface area (Å²) in [6.07, 6.45) is 0. The molecule has 0 bridgehead atoms. The van der Waals surface area contributed by atoms with Crippen molar-refractivity contribution in [2.24, 2.45) is 0 Å². The first-order chi connectivity index (χ1) is 9.13. The van der Waals surface area contributed by atoms with Crippen LogP contribution < -0.4 is 5.32 Å². The van der Waals surface area contributed by atoms with Crippen LogP contribution >= 0.6 is 0 Å². The number of rotatable bonds is 2. The number of carbonyl (C=O) groups excluding carboxylic acids is 1.